The Balaban J connectivity index is 1.14. The smallest absolute Gasteiger partial charge is 0.453 e. The summed E-state index contributed by atoms with van der Waals surface area (Å²) in [6, 6.07) is 48.4. The van der Waals surface area contributed by atoms with Crippen molar-refractivity contribution in [2.45, 2.75) is 25.4 Å². The predicted molar refractivity (Wildman–Crippen MR) is 228 cm³/mol. The number of benzene rings is 6. The van der Waals surface area contributed by atoms with Crippen LogP contribution in [0, 0.1) is 0 Å². The zero-order valence-corrected chi connectivity index (χ0v) is 34.9. The first-order chi connectivity index (χ1) is 29.6. The molecule has 3 aliphatic rings. The topological polar surface area (TPSA) is 136 Å². The van der Waals surface area contributed by atoms with E-state index in [4.69, 9.17) is 60.1 Å². The lowest BCUT2D eigenvalue weighted by Gasteiger charge is -2.28. The molecule has 0 spiro atoms. The maximum Gasteiger partial charge on any atom is 0.460 e. The average Bonchev–Trinajstić information content (AvgIpc) is 4.22. The Morgan fingerprint density at radius 2 is 0.933 bits per heavy atom. The molecule has 0 amide bonds. The zero-order valence-electron chi connectivity index (χ0n) is 32.2. The van der Waals surface area contributed by atoms with Crippen molar-refractivity contribution >= 4 is 23.8 Å². The summed E-state index contributed by atoms with van der Waals surface area (Å²) in [4.78, 5) is 0. The summed E-state index contributed by atoms with van der Waals surface area (Å²) in [6.45, 7) is 2.99. The van der Waals surface area contributed by atoms with Gasteiger partial charge in [0.2, 0.25) is 5.75 Å². The predicted octanol–water partition coefficient (Wildman–Crippen LogP) is 12.7. The fourth-order valence-corrected chi connectivity index (χ4v) is 12.0. The Kier molecular flexibility index (Phi) is 12.5. The number of epoxide rings is 2. The van der Waals surface area contributed by atoms with Crippen molar-refractivity contribution in [3.63, 3.8) is 0 Å². The third-order valence-electron chi connectivity index (χ3n) is 8.90. The lowest BCUT2D eigenvalue weighted by molar-refractivity contribution is 0.102. The number of para-hydroxylation sites is 6. The monoisotopic (exact) mass is 863 g/mol. The van der Waals surface area contributed by atoms with Gasteiger partial charge in [-0.3, -0.25) is 0 Å². The molecule has 6 aromatic carbocycles. The van der Waals surface area contributed by atoms with Gasteiger partial charge in [0.25, 0.3) is 0 Å². The Labute approximate surface area is 349 Å². The van der Waals surface area contributed by atoms with Crippen LogP contribution in [0.3, 0.4) is 0 Å². The number of hydrogen-bond acceptors (Lipinski definition) is 13. The van der Waals surface area contributed by atoms with Crippen LogP contribution < -0.4 is 27.6 Å². The average molecular weight is 864 g/mol. The second-order valence-electron chi connectivity index (χ2n) is 13.6. The fourth-order valence-electron chi connectivity index (χ4n) is 5.82. The molecule has 3 aliphatic heterocycles. The van der Waals surface area contributed by atoms with E-state index in [2.05, 4.69) is 0 Å². The SMILES string of the molecule is c1ccc(OP2(Oc3ccccc3)=NP(Oc3ccccc3)(Oc3cccc(Oc4ccccc4COCC4CO4)c3Oc3ccccc3COCC3CO3)=NP=N2)cc1. The molecular formula is C44H40N3O10P3. The number of nitrogens with zero attached hydrogens (tertiary/aromatic N) is 3. The number of rotatable bonds is 20. The largest absolute Gasteiger partial charge is 0.460 e. The van der Waals surface area contributed by atoms with E-state index in [1.807, 2.05) is 146 Å². The Morgan fingerprint density at radius 1 is 0.483 bits per heavy atom. The van der Waals surface area contributed by atoms with E-state index >= 15 is 0 Å². The molecule has 3 atom stereocenters. The van der Waals surface area contributed by atoms with Gasteiger partial charge in [0.15, 0.2) is 20.0 Å². The molecule has 0 aliphatic carbocycles. The minimum absolute atomic E-state index is 0.110. The molecule has 9 rings (SSSR count). The Bertz CT molecular complexity index is 2480. The third-order valence-corrected chi connectivity index (χ3v) is 14.9. The summed E-state index contributed by atoms with van der Waals surface area (Å²) >= 11 is 0. The maximum atomic E-state index is 7.01. The molecule has 60 heavy (non-hydrogen) atoms. The van der Waals surface area contributed by atoms with Crippen LogP contribution in [-0.2, 0) is 32.2 Å². The Hall–Kier alpha value is -5.48. The van der Waals surface area contributed by atoms with Crippen LogP contribution in [0.5, 0.6) is 46.0 Å². The minimum atomic E-state index is -3.79. The van der Waals surface area contributed by atoms with Crippen molar-refractivity contribution < 1.29 is 46.5 Å². The maximum absolute atomic E-state index is 7.01. The van der Waals surface area contributed by atoms with E-state index in [1.165, 1.54) is 0 Å². The van der Waals surface area contributed by atoms with Gasteiger partial charge in [0, 0.05) is 11.1 Å². The van der Waals surface area contributed by atoms with Crippen molar-refractivity contribution in [3.05, 3.63) is 169 Å². The highest BCUT2D eigenvalue weighted by molar-refractivity contribution is 7.73. The van der Waals surface area contributed by atoms with Crippen molar-refractivity contribution in [2.75, 3.05) is 26.4 Å². The molecule has 306 valence electrons. The Morgan fingerprint density at radius 3 is 1.47 bits per heavy atom. The molecular weight excluding hydrogens is 823 g/mol. The summed E-state index contributed by atoms with van der Waals surface area (Å²) < 4.78 is 78.0. The van der Waals surface area contributed by atoms with Crippen LogP contribution in [0.2, 0.25) is 0 Å². The summed E-state index contributed by atoms with van der Waals surface area (Å²) in [5.74, 6) is 3.41. The van der Waals surface area contributed by atoms with Crippen molar-refractivity contribution in [1.82, 2.24) is 0 Å². The molecule has 2 fully saturated rings. The van der Waals surface area contributed by atoms with Crippen molar-refractivity contribution in [2.24, 2.45) is 13.5 Å². The molecule has 2 saturated heterocycles. The summed E-state index contributed by atoms with van der Waals surface area (Å²) in [5, 5.41) is 0. The van der Waals surface area contributed by atoms with Crippen LogP contribution in [0.15, 0.2) is 171 Å². The molecule has 0 N–H and O–H groups in total. The van der Waals surface area contributed by atoms with Gasteiger partial charge in [-0.25, -0.2) is 0 Å². The van der Waals surface area contributed by atoms with E-state index < -0.39 is 15.3 Å². The standard InChI is InChI=1S/C44H40N3O10P3/c1-4-17-35(18-5-1)54-59(55-36-19-6-2-7-20-36)45-58-46-60(47-59,56-37-21-8-3-9-22-37)57-43-26-14-25-42(52-40-23-12-10-15-33(40)27-48-29-38-31-50-38)44(43)53-41-24-13-11-16-34(41)28-49-30-39-32-51-39/h1-26,38-39H,27-32H2. The van der Waals surface area contributed by atoms with Gasteiger partial charge >= 0.3 is 15.3 Å². The second kappa shape index (κ2) is 18.8. The van der Waals surface area contributed by atoms with Gasteiger partial charge in [-0.05, 0) is 60.7 Å². The molecule has 0 saturated carbocycles. The molecule has 0 radical (unpaired) electrons. The minimum Gasteiger partial charge on any atom is -0.453 e. The van der Waals surface area contributed by atoms with E-state index in [0.29, 0.717) is 74.1 Å². The second-order valence-corrected chi connectivity index (χ2v) is 18.6. The summed E-state index contributed by atoms with van der Waals surface area (Å²) in [6.07, 6.45) is 0.236. The van der Waals surface area contributed by atoms with Crippen LogP contribution in [0.25, 0.3) is 0 Å². The highest BCUT2D eigenvalue weighted by atomic mass is 31.3. The number of hydrogen-bond donors (Lipinski definition) is 0. The van der Waals surface area contributed by atoms with Gasteiger partial charge in [0.1, 0.15) is 41.0 Å². The lowest BCUT2D eigenvalue weighted by atomic mass is 10.2. The van der Waals surface area contributed by atoms with E-state index in [-0.39, 0.29) is 32.2 Å². The summed E-state index contributed by atoms with van der Waals surface area (Å²) in [7, 11) is -7.16. The van der Waals surface area contributed by atoms with E-state index in [9.17, 15) is 0 Å². The number of ether oxygens (including phenoxy) is 6. The first-order valence-corrected chi connectivity index (χ1v) is 23.1. The van der Waals surface area contributed by atoms with E-state index in [0.717, 1.165) is 11.1 Å². The first-order valence-electron chi connectivity index (χ1n) is 19.2. The highest BCUT2D eigenvalue weighted by Gasteiger charge is 2.40. The van der Waals surface area contributed by atoms with Gasteiger partial charge in [0.05, 0.1) is 39.6 Å². The third kappa shape index (κ3) is 10.6. The quantitative estimate of drug-likeness (QED) is 0.0539. The first kappa shape index (κ1) is 40.0. The summed E-state index contributed by atoms with van der Waals surface area (Å²) in [5.41, 5.74) is 1.65. The van der Waals surface area contributed by atoms with Crippen LogP contribution in [0.4, 0.5) is 0 Å². The molecule has 6 aromatic rings. The molecule has 13 nitrogen and oxygen atoms in total. The van der Waals surface area contributed by atoms with Gasteiger partial charge in [-0.1, -0.05) is 102 Å². The fraction of sp³-hybridized carbons (Fsp3) is 0.182. The van der Waals surface area contributed by atoms with Gasteiger partial charge in [-0.15, -0.1) is 9.03 Å². The van der Waals surface area contributed by atoms with Crippen LogP contribution in [0.1, 0.15) is 11.1 Å². The van der Waals surface area contributed by atoms with Gasteiger partial charge < -0.3 is 46.5 Å². The molecule has 3 heterocycles. The van der Waals surface area contributed by atoms with Crippen molar-refractivity contribution in [1.29, 1.82) is 0 Å². The normalized spacial score (nSPS) is 19.8. The van der Waals surface area contributed by atoms with Crippen LogP contribution in [-0.4, -0.2) is 38.6 Å². The zero-order chi connectivity index (χ0) is 40.5. The van der Waals surface area contributed by atoms with Crippen molar-refractivity contribution in [3.8, 4) is 46.0 Å². The van der Waals surface area contributed by atoms with E-state index in [1.54, 1.807) is 12.1 Å². The molecule has 0 bridgehead atoms. The molecule has 16 heteroatoms. The lowest BCUT2D eigenvalue weighted by Crippen LogP contribution is -2.06. The molecule has 3 unspecified atom stereocenters. The highest BCUT2D eigenvalue weighted by Crippen LogP contribution is 2.71. The van der Waals surface area contributed by atoms with Crippen LogP contribution >= 0.6 is 23.8 Å². The van der Waals surface area contributed by atoms with Gasteiger partial charge in [-0.2, -0.15) is 0 Å². The molecule has 0 aromatic heterocycles.